The lowest BCUT2D eigenvalue weighted by molar-refractivity contribution is 0.0546. The summed E-state index contributed by atoms with van der Waals surface area (Å²) in [4.78, 5) is 14.6. The Bertz CT molecular complexity index is 898. The summed E-state index contributed by atoms with van der Waals surface area (Å²) < 4.78 is 5.42. The van der Waals surface area contributed by atoms with Crippen molar-refractivity contribution in [1.29, 1.82) is 0 Å². The number of nitrogens with zero attached hydrogens (tertiary/aromatic N) is 1. The van der Waals surface area contributed by atoms with Crippen molar-refractivity contribution in [2.75, 3.05) is 32.8 Å². The predicted molar refractivity (Wildman–Crippen MR) is 155 cm³/mol. The van der Waals surface area contributed by atoms with Crippen molar-refractivity contribution < 1.29 is 9.53 Å². The van der Waals surface area contributed by atoms with Crippen LogP contribution in [0.4, 0.5) is 0 Å². The minimum atomic E-state index is -1.79. The number of nitrogens with two attached hydrogens (primary N) is 3. The lowest BCUT2D eigenvalue weighted by Gasteiger charge is -2.27. The van der Waals surface area contributed by atoms with Crippen molar-refractivity contribution in [2.24, 2.45) is 35.0 Å². The molecule has 0 spiro atoms. The third-order valence-electron chi connectivity index (χ3n) is 6.90. The zero-order chi connectivity index (χ0) is 27.4. The zero-order valence-corrected chi connectivity index (χ0v) is 22.5. The highest BCUT2D eigenvalue weighted by Crippen LogP contribution is 2.38. The predicted octanol–water partition coefficient (Wildman–Crippen LogP) is 1.76. The minimum absolute atomic E-state index is 0.126. The van der Waals surface area contributed by atoms with Gasteiger partial charge in [-0.3, -0.25) is 4.79 Å². The summed E-state index contributed by atoms with van der Waals surface area (Å²) in [6.07, 6.45) is 10.1. The molecule has 1 aliphatic carbocycles. The van der Waals surface area contributed by atoms with E-state index >= 15 is 0 Å². The average Bonchev–Trinajstić information content (AvgIpc) is 3.46. The van der Waals surface area contributed by atoms with E-state index in [-0.39, 0.29) is 5.82 Å². The van der Waals surface area contributed by atoms with Gasteiger partial charge in [0.2, 0.25) is 5.91 Å². The Kier molecular flexibility index (Phi) is 12.7. The molecule has 1 aromatic rings. The first-order valence-electron chi connectivity index (χ1n) is 13.4. The van der Waals surface area contributed by atoms with Gasteiger partial charge in [0.15, 0.2) is 0 Å². The molecular weight excluding hydrogens is 459 g/mol. The van der Waals surface area contributed by atoms with E-state index in [4.69, 9.17) is 45.5 Å². The van der Waals surface area contributed by atoms with Crippen LogP contribution < -0.4 is 22.5 Å². The number of carbonyl (C=O) groups excluding carboxylic acids is 1. The van der Waals surface area contributed by atoms with Crippen LogP contribution in [0, 0.1) is 17.8 Å². The molecule has 4 rings (SSSR count). The Hall–Kier alpha value is -2.32. The van der Waals surface area contributed by atoms with Gasteiger partial charge >= 0.3 is 0 Å². The molecule has 3 aliphatic rings. The number of ether oxygens (including phenoxy) is 1. The lowest BCUT2D eigenvalue weighted by atomic mass is 9.49. The van der Waals surface area contributed by atoms with E-state index in [1.165, 1.54) is 63.9 Å². The molecule has 6 radical (unpaired) electrons. The third-order valence-corrected chi connectivity index (χ3v) is 6.90. The highest BCUT2D eigenvalue weighted by atomic mass is 16.5. The highest BCUT2D eigenvalue weighted by molar-refractivity contribution is 6.60. The fourth-order valence-corrected chi connectivity index (χ4v) is 5.17. The Balaban J connectivity index is 0.000000251. The number of benzene rings is 1. The normalized spacial score (nSPS) is 22.1. The fourth-order valence-electron chi connectivity index (χ4n) is 5.17. The van der Waals surface area contributed by atoms with E-state index in [2.05, 4.69) is 10.2 Å². The molecule has 37 heavy (non-hydrogen) atoms. The molecule has 2 unspecified atom stereocenters. The minimum Gasteiger partial charge on any atom is -0.398 e. The molecule has 2 aliphatic heterocycles. The third kappa shape index (κ3) is 10.9. The number of likely N-dealkylation sites (tertiary alicyclic amines) is 1. The molecule has 1 amide bonds. The Morgan fingerprint density at radius 1 is 1.03 bits per heavy atom. The summed E-state index contributed by atoms with van der Waals surface area (Å²) in [5, 5.41) is 0.447. The SMILES string of the molecule is C1CC2CN(CC3CCOCC3)CC2C1.CC.[B]C([B])([B])NC(=O)c1cccc(/C(N)=C/C=C(N)N)c1. The van der Waals surface area contributed by atoms with Gasteiger partial charge in [-0.05, 0) is 73.3 Å². The molecule has 7 N–H and O–H groups in total. The summed E-state index contributed by atoms with van der Waals surface area (Å²) in [7, 11) is 15.9. The number of amides is 1. The molecule has 1 aromatic carbocycles. The van der Waals surface area contributed by atoms with Gasteiger partial charge in [-0.1, -0.05) is 37.6 Å². The smallest absolute Gasteiger partial charge is 0.249 e. The molecule has 0 aromatic heterocycles. The number of hydrogen-bond acceptors (Lipinski definition) is 6. The van der Waals surface area contributed by atoms with E-state index in [1.54, 1.807) is 24.3 Å². The molecule has 3 fully saturated rings. The number of carbonyl (C=O) groups is 1. The Morgan fingerprint density at radius 3 is 2.19 bits per heavy atom. The quantitative estimate of drug-likeness (QED) is 0.349. The van der Waals surface area contributed by atoms with E-state index < -0.39 is 11.1 Å². The molecule has 2 heterocycles. The second-order valence-electron chi connectivity index (χ2n) is 9.98. The van der Waals surface area contributed by atoms with Crippen LogP contribution in [0.15, 0.2) is 42.2 Å². The van der Waals surface area contributed by atoms with E-state index in [1.807, 2.05) is 13.8 Å². The number of rotatable bonds is 6. The van der Waals surface area contributed by atoms with Gasteiger partial charge in [-0.15, -0.1) is 0 Å². The van der Waals surface area contributed by atoms with Crippen molar-refractivity contribution in [3.05, 3.63) is 53.4 Å². The zero-order valence-electron chi connectivity index (χ0n) is 22.5. The topological polar surface area (TPSA) is 120 Å². The molecule has 7 nitrogen and oxygen atoms in total. The first-order chi connectivity index (χ1) is 17.6. The molecule has 1 saturated carbocycles. The van der Waals surface area contributed by atoms with Gasteiger partial charge in [-0.2, -0.15) is 0 Å². The first kappa shape index (κ1) is 30.9. The largest absolute Gasteiger partial charge is 0.398 e. The van der Waals surface area contributed by atoms with Crippen molar-refractivity contribution in [1.82, 2.24) is 10.2 Å². The van der Waals surface area contributed by atoms with Crippen molar-refractivity contribution in [2.45, 2.75) is 51.2 Å². The van der Waals surface area contributed by atoms with Gasteiger partial charge in [0, 0.05) is 44.1 Å². The number of hydrogen-bond donors (Lipinski definition) is 4. The van der Waals surface area contributed by atoms with Gasteiger partial charge < -0.3 is 32.2 Å². The highest BCUT2D eigenvalue weighted by Gasteiger charge is 2.36. The van der Waals surface area contributed by atoms with Gasteiger partial charge in [-0.25, -0.2) is 0 Å². The summed E-state index contributed by atoms with van der Waals surface area (Å²) in [5.74, 6) is 2.66. The number of nitrogens with one attached hydrogen (secondary N) is 1. The monoisotopic (exact) mass is 501 g/mol. The van der Waals surface area contributed by atoms with Gasteiger partial charge in [0.05, 0.1) is 29.4 Å². The van der Waals surface area contributed by atoms with Crippen LogP contribution in [0.5, 0.6) is 0 Å². The van der Waals surface area contributed by atoms with Gasteiger partial charge in [0.25, 0.3) is 0 Å². The second kappa shape index (κ2) is 15.2. The summed E-state index contributed by atoms with van der Waals surface area (Å²) in [6.45, 7) is 10.2. The van der Waals surface area contributed by atoms with E-state index in [0.29, 0.717) is 16.8 Å². The maximum absolute atomic E-state index is 11.8. The standard InChI is InChI=1S/C13H23NO.C12H13B3N4O.C2H6/c1-2-12-9-14(10-13(12)3-1)8-11-4-6-15-7-5-11;13-12(14,15)19-11(20)8-3-1-2-7(6-8)9(16)4-5-10(17)18;1-2/h11-13H,1-10H2;1-6H,16-18H2,(H,19,20);1-2H3/b;9-4-;. The molecule has 10 heteroatoms. The van der Waals surface area contributed by atoms with Crippen LogP contribution in [-0.4, -0.2) is 72.4 Å². The summed E-state index contributed by atoms with van der Waals surface area (Å²) in [6, 6.07) is 6.52. The van der Waals surface area contributed by atoms with Crippen LogP contribution in [-0.2, 0) is 4.74 Å². The van der Waals surface area contributed by atoms with Gasteiger partial charge in [0.1, 0.15) is 0 Å². The average molecular weight is 501 g/mol. The molecule has 2 saturated heterocycles. The molecule has 2 atom stereocenters. The van der Waals surface area contributed by atoms with Crippen molar-refractivity contribution in [3.8, 4) is 0 Å². The molecular formula is C27H42B3N5O2. The lowest BCUT2D eigenvalue weighted by Crippen LogP contribution is -2.50. The summed E-state index contributed by atoms with van der Waals surface area (Å²) in [5.41, 5.74) is 17.8. The van der Waals surface area contributed by atoms with E-state index in [0.717, 1.165) is 31.0 Å². The summed E-state index contributed by atoms with van der Waals surface area (Å²) >= 11 is 0. The number of allylic oxidation sites excluding steroid dienone is 2. The maximum Gasteiger partial charge on any atom is 0.249 e. The maximum atomic E-state index is 11.8. The molecule has 196 valence electrons. The van der Waals surface area contributed by atoms with Crippen LogP contribution in [0.3, 0.4) is 0 Å². The van der Waals surface area contributed by atoms with Crippen LogP contribution >= 0.6 is 0 Å². The van der Waals surface area contributed by atoms with Crippen molar-refractivity contribution in [3.63, 3.8) is 0 Å². The van der Waals surface area contributed by atoms with Crippen LogP contribution in [0.1, 0.15) is 61.9 Å². The van der Waals surface area contributed by atoms with Crippen LogP contribution in [0.2, 0.25) is 0 Å². The second-order valence-corrected chi connectivity index (χ2v) is 9.98. The number of fused-ring (bicyclic) bond motifs is 1. The van der Waals surface area contributed by atoms with Crippen LogP contribution in [0.25, 0.3) is 5.70 Å². The van der Waals surface area contributed by atoms with E-state index in [9.17, 15) is 4.79 Å². The Morgan fingerprint density at radius 2 is 1.62 bits per heavy atom. The first-order valence-corrected chi connectivity index (χ1v) is 13.4. The van der Waals surface area contributed by atoms with Crippen molar-refractivity contribution >= 4 is 35.1 Å². The Labute approximate surface area is 227 Å². The fraction of sp³-hybridized carbons (Fsp3) is 0.593. The molecule has 0 bridgehead atoms.